The standard InChI is InChI=1S/C51H29N3OS2/c1-3-14-30(15-4-1)49-52-50(31-16-5-2-6-17-31)54-51(53-49)39-23-13-27-43-45(39)38-22-11-21-34(47(38)57-43)35-29-28-33(46-37-19-8-10-26-42(37)56-48(35)46)32-20-12-25-41-44(32)36-18-7-9-24-40(36)55-41/h1-29H. The van der Waals surface area contributed by atoms with Gasteiger partial charge in [0, 0.05) is 78.9 Å². The van der Waals surface area contributed by atoms with Gasteiger partial charge in [0.05, 0.1) is 0 Å². The zero-order chi connectivity index (χ0) is 37.5. The van der Waals surface area contributed by atoms with Crippen LogP contribution in [0.25, 0.3) is 119 Å². The lowest BCUT2D eigenvalue weighted by Crippen LogP contribution is -2.00. The zero-order valence-electron chi connectivity index (χ0n) is 30.3. The van der Waals surface area contributed by atoms with Crippen molar-refractivity contribution >= 4 is 85.0 Å². The highest BCUT2D eigenvalue weighted by Gasteiger charge is 2.22. The molecule has 4 aromatic heterocycles. The predicted molar refractivity (Wildman–Crippen MR) is 240 cm³/mol. The molecular weight excluding hydrogens is 735 g/mol. The number of benzene rings is 8. The van der Waals surface area contributed by atoms with Crippen LogP contribution in [-0.2, 0) is 0 Å². The second kappa shape index (κ2) is 12.8. The first-order valence-electron chi connectivity index (χ1n) is 18.9. The Kier molecular flexibility index (Phi) is 7.24. The quantitative estimate of drug-likeness (QED) is 0.175. The van der Waals surface area contributed by atoms with E-state index < -0.39 is 0 Å². The van der Waals surface area contributed by atoms with E-state index in [1.165, 1.54) is 57.2 Å². The molecule has 0 aliphatic heterocycles. The summed E-state index contributed by atoms with van der Waals surface area (Å²) in [6.07, 6.45) is 0. The topological polar surface area (TPSA) is 51.8 Å². The third-order valence-electron chi connectivity index (χ3n) is 11.0. The second-order valence-corrected chi connectivity index (χ2v) is 16.3. The summed E-state index contributed by atoms with van der Waals surface area (Å²) in [6.45, 7) is 0. The van der Waals surface area contributed by atoms with Crippen molar-refractivity contribution in [2.45, 2.75) is 0 Å². The summed E-state index contributed by atoms with van der Waals surface area (Å²) in [7, 11) is 0. The third-order valence-corrected chi connectivity index (χ3v) is 13.4. The SMILES string of the molecule is c1ccc(-c2nc(-c3ccccc3)nc(-c3cccc4sc5c(-c6ccc(-c7cccc8oc9ccccc9c78)c7c6sc6ccccc67)cccc5c34)n2)cc1. The summed E-state index contributed by atoms with van der Waals surface area (Å²) in [5.74, 6) is 1.97. The number of furan rings is 1. The van der Waals surface area contributed by atoms with Crippen LogP contribution in [0.1, 0.15) is 0 Å². The maximum absolute atomic E-state index is 6.36. The summed E-state index contributed by atoms with van der Waals surface area (Å²) in [6, 6.07) is 61.8. The van der Waals surface area contributed by atoms with Crippen LogP contribution in [0.5, 0.6) is 0 Å². The molecule has 0 radical (unpaired) electrons. The first-order chi connectivity index (χ1) is 28.3. The van der Waals surface area contributed by atoms with Gasteiger partial charge in [-0.1, -0.05) is 152 Å². The summed E-state index contributed by atoms with van der Waals surface area (Å²) in [5.41, 5.74) is 9.57. The van der Waals surface area contributed by atoms with E-state index in [0.29, 0.717) is 17.5 Å². The maximum Gasteiger partial charge on any atom is 0.164 e. The molecule has 0 atom stereocenters. The summed E-state index contributed by atoms with van der Waals surface area (Å²) in [4.78, 5) is 15.2. The number of nitrogens with zero attached hydrogens (tertiary/aromatic N) is 3. The Balaban J connectivity index is 1.09. The monoisotopic (exact) mass is 763 g/mol. The Morgan fingerprint density at radius 1 is 0.316 bits per heavy atom. The number of aromatic nitrogens is 3. The van der Waals surface area contributed by atoms with Gasteiger partial charge in [0.1, 0.15) is 11.2 Å². The first-order valence-corrected chi connectivity index (χ1v) is 20.6. The predicted octanol–water partition coefficient (Wildman–Crippen LogP) is 14.8. The summed E-state index contributed by atoms with van der Waals surface area (Å²) in [5, 5.41) is 7.18. The van der Waals surface area contributed by atoms with Crippen LogP contribution in [0.2, 0.25) is 0 Å². The molecule has 0 spiro atoms. The van der Waals surface area contributed by atoms with Gasteiger partial charge in [0.25, 0.3) is 0 Å². The van der Waals surface area contributed by atoms with Gasteiger partial charge in [-0.2, -0.15) is 0 Å². The number of fused-ring (bicyclic) bond motifs is 9. The summed E-state index contributed by atoms with van der Waals surface area (Å²) >= 11 is 3.71. The van der Waals surface area contributed by atoms with Crippen molar-refractivity contribution in [1.82, 2.24) is 15.0 Å². The normalized spacial score (nSPS) is 11.9. The highest BCUT2D eigenvalue weighted by molar-refractivity contribution is 7.27. The molecule has 0 N–H and O–H groups in total. The van der Waals surface area contributed by atoms with Gasteiger partial charge in [-0.25, -0.2) is 15.0 Å². The van der Waals surface area contributed by atoms with E-state index in [-0.39, 0.29) is 0 Å². The van der Waals surface area contributed by atoms with Crippen LogP contribution in [0.15, 0.2) is 180 Å². The van der Waals surface area contributed by atoms with E-state index in [1.54, 1.807) is 0 Å². The molecule has 266 valence electrons. The number of para-hydroxylation sites is 1. The van der Waals surface area contributed by atoms with Crippen LogP contribution < -0.4 is 0 Å². The smallest absolute Gasteiger partial charge is 0.164 e. The Hall–Kier alpha value is -6.99. The second-order valence-electron chi connectivity index (χ2n) is 14.2. The lowest BCUT2D eigenvalue weighted by molar-refractivity contribution is 0.669. The number of thiophene rings is 2. The third kappa shape index (κ3) is 5.08. The van der Waals surface area contributed by atoms with E-state index in [0.717, 1.165) is 44.0 Å². The van der Waals surface area contributed by atoms with Gasteiger partial charge in [-0.15, -0.1) is 22.7 Å². The van der Waals surface area contributed by atoms with Gasteiger partial charge in [0.2, 0.25) is 0 Å². The average Bonchev–Trinajstić information content (AvgIpc) is 3.98. The molecule has 4 heterocycles. The van der Waals surface area contributed by atoms with Gasteiger partial charge < -0.3 is 4.42 Å². The molecule has 12 rings (SSSR count). The van der Waals surface area contributed by atoms with Gasteiger partial charge in [-0.05, 0) is 35.4 Å². The minimum atomic E-state index is 0.656. The molecule has 0 saturated carbocycles. The van der Waals surface area contributed by atoms with Crippen LogP contribution in [-0.4, -0.2) is 15.0 Å². The Bertz CT molecular complexity index is 3470. The fourth-order valence-corrected chi connectivity index (χ4v) is 11.0. The minimum Gasteiger partial charge on any atom is -0.456 e. The molecule has 0 bridgehead atoms. The molecule has 0 aliphatic carbocycles. The van der Waals surface area contributed by atoms with E-state index >= 15 is 0 Å². The molecule has 4 nitrogen and oxygen atoms in total. The highest BCUT2D eigenvalue weighted by atomic mass is 32.1. The van der Waals surface area contributed by atoms with Crippen molar-refractivity contribution in [2.24, 2.45) is 0 Å². The van der Waals surface area contributed by atoms with Crippen molar-refractivity contribution in [3.8, 4) is 56.4 Å². The van der Waals surface area contributed by atoms with Crippen molar-refractivity contribution in [3.05, 3.63) is 176 Å². The fourth-order valence-electron chi connectivity index (χ4n) is 8.44. The van der Waals surface area contributed by atoms with Crippen LogP contribution in [0.3, 0.4) is 0 Å². The van der Waals surface area contributed by atoms with E-state index in [1.807, 2.05) is 65.1 Å². The van der Waals surface area contributed by atoms with E-state index in [4.69, 9.17) is 19.4 Å². The van der Waals surface area contributed by atoms with Crippen LogP contribution in [0, 0.1) is 0 Å². The fraction of sp³-hybridized carbons (Fsp3) is 0. The zero-order valence-corrected chi connectivity index (χ0v) is 31.9. The number of hydrogen-bond donors (Lipinski definition) is 0. The van der Waals surface area contributed by atoms with Crippen LogP contribution >= 0.6 is 22.7 Å². The van der Waals surface area contributed by atoms with Crippen molar-refractivity contribution in [1.29, 1.82) is 0 Å². The van der Waals surface area contributed by atoms with Crippen LogP contribution in [0.4, 0.5) is 0 Å². The lowest BCUT2D eigenvalue weighted by Gasteiger charge is -2.12. The molecule has 8 aromatic carbocycles. The van der Waals surface area contributed by atoms with Crippen molar-refractivity contribution < 1.29 is 4.42 Å². The highest BCUT2D eigenvalue weighted by Crippen LogP contribution is 2.50. The van der Waals surface area contributed by atoms with Gasteiger partial charge >= 0.3 is 0 Å². The maximum atomic E-state index is 6.36. The van der Waals surface area contributed by atoms with Gasteiger partial charge in [-0.3, -0.25) is 0 Å². The lowest BCUT2D eigenvalue weighted by atomic mass is 9.92. The molecule has 12 aromatic rings. The number of rotatable bonds is 5. The molecule has 0 amide bonds. The average molecular weight is 764 g/mol. The largest absolute Gasteiger partial charge is 0.456 e. The molecule has 6 heteroatoms. The Morgan fingerprint density at radius 2 is 0.842 bits per heavy atom. The number of hydrogen-bond acceptors (Lipinski definition) is 6. The first kappa shape index (κ1) is 32.3. The summed E-state index contributed by atoms with van der Waals surface area (Å²) < 4.78 is 11.3. The van der Waals surface area contributed by atoms with Gasteiger partial charge in [0.15, 0.2) is 17.5 Å². The Morgan fingerprint density at radius 3 is 1.65 bits per heavy atom. The molecule has 0 fully saturated rings. The Labute approximate surface area is 335 Å². The molecule has 0 saturated heterocycles. The molecule has 0 aliphatic rings. The van der Waals surface area contributed by atoms with Crippen molar-refractivity contribution in [2.75, 3.05) is 0 Å². The molecule has 0 unspecified atom stereocenters. The minimum absolute atomic E-state index is 0.656. The van der Waals surface area contributed by atoms with Crippen molar-refractivity contribution in [3.63, 3.8) is 0 Å². The van der Waals surface area contributed by atoms with E-state index in [9.17, 15) is 0 Å². The molecule has 57 heavy (non-hydrogen) atoms. The van der Waals surface area contributed by atoms with E-state index in [2.05, 4.69) is 133 Å². The molecular formula is C51H29N3OS2.